The zero-order valence-corrected chi connectivity index (χ0v) is 22.1. The Balaban J connectivity index is 0.00000228. The molecule has 0 atom stereocenters. The molecular formula is C24H22KN8. The molecule has 1 radical (unpaired) electrons. The number of aromatic amines is 1. The Morgan fingerprint density at radius 2 is 1.85 bits per heavy atom. The maximum absolute atomic E-state index is 4.97. The van der Waals surface area contributed by atoms with E-state index in [-0.39, 0.29) is 51.4 Å². The zero-order chi connectivity index (χ0) is 21.7. The Kier molecular flexibility index (Phi) is 6.24. The number of fused-ring (bicyclic) bond motifs is 1. The van der Waals surface area contributed by atoms with E-state index in [0.29, 0.717) is 18.3 Å². The fourth-order valence-electron chi connectivity index (χ4n) is 4.28. The van der Waals surface area contributed by atoms with Gasteiger partial charge in [-0.2, -0.15) is 0 Å². The van der Waals surface area contributed by atoms with Crippen molar-refractivity contribution in [3.8, 4) is 22.6 Å². The minimum atomic E-state index is 0. The molecule has 4 aromatic heterocycles. The predicted molar refractivity (Wildman–Crippen MR) is 127 cm³/mol. The number of aryl methyl sites for hydroxylation is 2. The van der Waals surface area contributed by atoms with Crippen molar-refractivity contribution in [3.05, 3.63) is 71.3 Å². The van der Waals surface area contributed by atoms with Crippen LogP contribution in [0.1, 0.15) is 41.4 Å². The number of hydrogen-bond donors (Lipinski definition) is 1. The smallest absolute Gasteiger partial charge is 0.180 e. The number of rotatable bonds is 5. The fraction of sp³-hybridized carbons (Fsp3) is 0.250. The van der Waals surface area contributed by atoms with Crippen molar-refractivity contribution in [2.24, 2.45) is 0 Å². The van der Waals surface area contributed by atoms with E-state index in [1.807, 2.05) is 37.4 Å². The predicted octanol–water partition coefficient (Wildman–Crippen LogP) is 3.84. The van der Waals surface area contributed by atoms with Gasteiger partial charge in [-0.25, -0.2) is 15.1 Å². The summed E-state index contributed by atoms with van der Waals surface area (Å²) in [5.74, 6) is 2.31. The Morgan fingerprint density at radius 3 is 2.55 bits per heavy atom. The first kappa shape index (κ1) is 22.5. The number of nitrogens with zero attached hydrogens (tertiary/aromatic N) is 7. The topological polar surface area (TPSA) is 98.1 Å². The molecule has 159 valence electrons. The van der Waals surface area contributed by atoms with Gasteiger partial charge in [-0.05, 0) is 60.4 Å². The Hall–Kier alpha value is -2.30. The molecule has 0 aliphatic heterocycles. The largest absolute Gasteiger partial charge is 0.308 e. The summed E-state index contributed by atoms with van der Waals surface area (Å²) in [7, 11) is 0. The van der Waals surface area contributed by atoms with Crippen LogP contribution < -0.4 is 0 Å². The van der Waals surface area contributed by atoms with Crippen molar-refractivity contribution in [2.45, 2.75) is 39.2 Å². The van der Waals surface area contributed by atoms with Crippen molar-refractivity contribution in [3.63, 3.8) is 0 Å². The van der Waals surface area contributed by atoms with E-state index in [2.05, 4.69) is 50.3 Å². The third-order valence-corrected chi connectivity index (χ3v) is 5.96. The van der Waals surface area contributed by atoms with Crippen molar-refractivity contribution in [1.29, 1.82) is 0 Å². The van der Waals surface area contributed by atoms with Crippen LogP contribution in [-0.2, 0) is 6.54 Å². The molecule has 0 spiro atoms. The molecule has 6 rings (SSSR count). The van der Waals surface area contributed by atoms with E-state index in [4.69, 9.17) is 15.0 Å². The Labute approximate surface area is 233 Å². The number of tetrazole rings is 1. The molecular weight excluding hydrogens is 439 g/mol. The van der Waals surface area contributed by atoms with Crippen molar-refractivity contribution >= 4 is 62.5 Å². The third kappa shape index (κ3) is 4.31. The van der Waals surface area contributed by atoms with Gasteiger partial charge in [0.2, 0.25) is 0 Å². The van der Waals surface area contributed by atoms with Gasteiger partial charge in [-0.3, -0.25) is 4.98 Å². The summed E-state index contributed by atoms with van der Waals surface area (Å²) < 4.78 is 2.28. The van der Waals surface area contributed by atoms with E-state index in [0.717, 1.165) is 45.1 Å². The van der Waals surface area contributed by atoms with Crippen molar-refractivity contribution in [2.75, 3.05) is 0 Å². The molecule has 1 aromatic carbocycles. The SMILES string of the molecule is Cc1cc(C)c2nc(C3CC3)n(Cc3ccc(-c4ccccc4-c4nnn[nH]4)nc3)c2n1.[K]. The van der Waals surface area contributed by atoms with E-state index in [9.17, 15) is 0 Å². The van der Waals surface area contributed by atoms with Gasteiger partial charge in [0, 0.05) is 80.3 Å². The Bertz CT molecular complexity index is 1420. The molecule has 0 bridgehead atoms. The van der Waals surface area contributed by atoms with Crippen LogP contribution in [0, 0.1) is 13.8 Å². The van der Waals surface area contributed by atoms with Gasteiger partial charge in [-0.1, -0.05) is 30.3 Å². The molecule has 33 heavy (non-hydrogen) atoms. The van der Waals surface area contributed by atoms with Crippen LogP contribution in [0.4, 0.5) is 0 Å². The average Bonchev–Trinajstić information content (AvgIpc) is 3.37. The summed E-state index contributed by atoms with van der Waals surface area (Å²) in [5, 5.41) is 14.3. The van der Waals surface area contributed by atoms with Gasteiger partial charge in [-0.15, -0.1) is 5.10 Å². The van der Waals surface area contributed by atoms with Crippen LogP contribution in [0.15, 0.2) is 48.7 Å². The van der Waals surface area contributed by atoms with Crippen LogP contribution in [0.25, 0.3) is 33.8 Å². The third-order valence-electron chi connectivity index (χ3n) is 5.96. The molecule has 1 aliphatic carbocycles. The maximum Gasteiger partial charge on any atom is 0.180 e. The first-order chi connectivity index (χ1) is 15.7. The normalized spacial score (nSPS) is 13.3. The van der Waals surface area contributed by atoms with E-state index >= 15 is 0 Å². The number of aromatic nitrogens is 8. The first-order valence-corrected chi connectivity index (χ1v) is 10.8. The van der Waals surface area contributed by atoms with Crippen LogP contribution >= 0.6 is 0 Å². The minimum absolute atomic E-state index is 0. The molecule has 0 saturated heterocycles. The molecule has 0 amide bonds. The van der Waals surface area contributed by atoms with Crippen LogP contribution in [0.3, 0.4) is 0 Å². The maximum atomic E-state index is 4.97. The van der Waals surface area contributed by atoms with E-state index in [1.165, 1.54) is 18.4 Å². The van der Waals surface area contributed by atoms with Gasteiger partial charge >= 0.3 is 0 Å². The van der Waals surface area contributed by atoms with Crippen molar-refractivity contribution in [1.82, 2.24) is 40.1 Å². The number of nitrogens with one attached hydrogen (secondary N) is 1. The summed E-state index contributed by atoms with van der Waals surface area (Å²) in [4.78, 5) is 14.6. The molecule has 1 saturated carbocycles. The zero-order valence-electron chi connectivity index (χ0n) is 18.9. The number of benzene rings is 1. The van der Waals surface area contributed by atoms with Gasteiger partial charge in [0.1, 0.15) is 11.3 Å². The van der Waals surface area contributed by atoms with Crippen molar-refractivity contribution < 1.29 is 0 Å². The molecule has 5 aromatic rings. The van der Waals surface area contributed by atoms with E-state index < -0.39 is 0 Å². The summed E-state index contributed by atoms with van der Waals surface area (Å²) in [6.07, 6.45) is 4.34. The van der Waals surface area contributed by atoms with Gasteiger partial charge in [0.05, 0.1) is 12.2 Å². The first-order valence-electron chi connectivity index (χ1n) is 10.8. The quantitative estimate of drug-likeness (QED) is 0.400. The number of H-pyrrole nitrogens is 1. The molecule has 1 fully saturated rings. The molecule has 1 aliphatic rings. The van der Waals surface area contributed by atoms with E-state index in [1.54, 1.807) is 0 Å². The number of pyridine rings is 2. The molecule has 9 heteroatoms. The summed E-state index contributed by atoms with van der Waals surface area (Å²) in [6.45, 7) is 4.86. The Morgan fingerprint density at radius 1 is 1.03 bits per heavy atom. The van der Waals surface area contributed by atoms with Crippen LogP contribution in [0.5, 0.6) is 0 Å². The van der Waals surface area contributed by atoms with Crippen LogP contribution in [-0.4, -0.2) is 91.5 Å². The second kappa shape index (κ2) is 9.15. The molecule has 4 heterocycles. The standard InChI is InChI=1S/C24H22N8.K/c1-14-11-15(2)26-24-21(14)27-23(17-8-9-17)32(24)13-16-7-10-20(25-12-16)18-5-3-4-6-19(18)22-28-30-31-29-22;/h3-7,10-12,17H,8-9,13H2,1-2H3,(H,28,29,30,31);. The number of imidazole rings is 1. The van der Waals surface area contributed by atoms with Gasteiger partial charge in [0.25, 0.3) is 0 Å². The summed E-state index contributed by atoms with van der Waals surface area (Å²) in [5.41, 5.74) is 8.08. The summed E-state index contributed by atoms with van der Waals surface area (Å²) in [6, 6.07) is 14.3. The minimum Gasteiger partial charge on any atom is -0.308 e. The van der Waals surface area contributed by atoms with Gasteiger partial charge < -0.3 is 4.57 Å². The second-order valence-electron chi connectivity index (χ2n) is 8.43. The number of hydrogen-bond acceptors (Lipinski definition) is 6. The monoisotopic (exact) mass is 461 g/mol. The second-order valence-corrected chi connectivity index (χ2v) is 8.43. The average molecular weight is 462 g/mol. The van der Waals surface area contributed by atoms with Gasteiger partial charge in [0.15, 0.2) is 11.5 Å². The summed E-state index contributed by atoms with van der Waals surface area (Å²) >= 11 is 0. The van der Waals surface area contributed by atoms with Crippen LogP contribution in [0.2, 0.25) is 0 Å². The molecule has 1 N–H and O–H groups in total. The molecule has 8 nitrogen and oxygen atoms in total. The fourth-order valence-corrected chi connectivity index (χ4v) is 4.28. The molecule has 0 unspecified atom stereocenters.